The highest BCUT2D eigenvalue weighted by molar-refractivity contribution is 7.17. The van der Waals surface area contributed by atoms with Gasteiger partial charge >= 0.3 is 5.69 Å². The van der Waals surface area contributed by atoms with Crippen molar-refractivity contribution in [2.24, 2.45) is 0 Å². The van der Waals surface area contributed by atoms with Gasteiger partial charge in [0.2, 0.25) is 5.91 Å². The number of halogens is 1. The minimum atomic E-state index is -0.606. The Morgan fingerprint density at radius 1 is 1.25 bits per heavy atom. The predicted octanol–water partition coefficient (Wildman–Crippen LogP) is 2.81. The number of rotatable bonds is 7. The van der Waals surface area contributed by atoms with E-state index in [4.69, 9.17) is 4.74 Å². The number of amides is 1. The topological polar surface area (TPSA) is 82.3 Å². The summed E-state index contributed by atoms with van der Waals surface area (Å²) in [6, 6.07) is 5.69. The average Bonchev–Trinajstić information content (AvgIpc) is 3.15. The number of aromatic nitrogens is 2. The van der Waals surface area contributed by atoms with Crippen LogP contribution in [0.25, 0.3) is 10.2 Å². The molecule has 0 atom stereocenters. The molecule has 7 nitrogen and oxygen atoms in total. The van der Waals surface area contributed by atoms with Crippen LogP contribution in [0.2, 0.25) is 0 Å². The van der Waals surface area contributed by atoms with Crippen LogP contribution in [0, 0.1) is 5.82 Å². The van der Waals surface area contributed by atoms with Crippen molar-refractivity contribution < 1.29 is 13.9 Å². The molecule has 1 aromatic carbocycles. The predicted molar refractivity (Wildman–Crippen MR) is 107 cm³/mol. The van der Waals surface area contributed by atoms with Crippen LogP contribution < -0.4 is 21.3 Å². The van der Waals surface area contributed by atoms with E-state index in [0.717, 1.165) is 12.5 Å². The number of methoxy groups -OCH3 is 1. The number of carbonyl (C=O) groups is 1. The third-order valence-electron chi connectivity index (χ3n) is 4.31. The Kier molecular flexibility index (Phi) is 5.93. The Balaban J connectivity index is 1.92. The summed E-state index contributed by atoms with van der Waals surface area (Å²) in [6.07, 6.45) is 1.52. The SMILES string of the molecule is CCCCn1c(=O)c2sccc2n(CC(=O)Nc2ccc(OC)c(F)c2)c1=O. The van der Waals surface area contributed by atoms with Gasteiger partial charge in [-0.05, 0) is 30.0 Å². The monoisotopic (exact) mass is 405 g/mol. The third-order valence-corrected chi connectivity index (χ3v) is 5.20. The molecule has 0 saturated heterocycles. The van der Waals surface area contributed by atoms with Crippen molar-refractivity contribution in [2.45, 2.75) is 32.9 Å². The van der Waals surface area contributed by atoms with Crippen LogP contribution in [-0.4, -0.2) is 22.2 Å². The zero-order valence-electron chi connectivity index (χ0n) is 15.5. The molecule has 2 heterocycles. The maximum atomic E-state index is 13.8. The maximum Gasteiger partial charge on any atom is 0.332 e. The zero-order valence-corrected chi connectivity index (χ0v) is 16.3. The smallest absolute Gasteiger partial charge is 0.332 e. The van der Waals surface area contributed by atoms with Gasteiger partial charge in [-0.2, -0.15) is 0 Å². The normalized spacial score (nSPS) is 11.0. The van der Waals surface area contributed by atoms with Gasteiger partial charge in [0.15, 0.2) is 11.6 Å². The molecule has 3 rings (SSSR count). The van der Waals surface area contributed by atoms with E-state index in [9.17, 15) is 18.8 Å². The number of thiophene rings is 1. The van der Waals surface area contributed by atoms with Gasteiger partial charge in [-0.15, -0.1) is 11.3 Å². The van der Waals surface area contributed by atoms with Crippen molar-refractivity contribution in [3.63, 3.8) is 0 Å². The van der Waals surface area contributed by atoms with Crippen molar-refractivity contribution in [1.29, 1.82) is 0 Å². The molecule has 0 unspecified atom stereocenters. The number of nitrogens with zero attached hydrogens (tertiary/aromatic N) is 2. The summed E-state index contributed by atoms with van der Waals surface area (Å²) in [6.45, 7) is 1.98. The van der Waals surface area contributed by atoms with Crippen LogP contribution >= 0.6 is 11.3 Å². The first kappa shape index (κ1) is 19.8. The Hall–Kier alpha value is -2.94. The molecule has 0 saturated carbocycles. The first-order valence-electron chi connectivity index (χ1n) is 8.80. The van der Waals surface area contributed by atoms with Gasteiger partial charge in [-0.3, -0.25) is 18.7 Å². The number of unbranched alkanes of at least 4 members (excludes halogenated alkanes) is 1. The number of carbonyl (C=O) groups excluding carboxylic acids is 1. The fourth-order valence-electron chi connectivity index (χ4n) is 2.89. The molecule has 3 aromatic rings. The summed E-state index contributed by atoms with van der Waals surface area (Å²) in [5, 5.41) is 4.28. The lowest BCUT2D eigenvalue weighted by atomic mass is 10.3. The van der Waals surface area contributed by atoms with Gasteiger partial charge in [-0.25, -0.2) is 9.18 Å². The minimum Gasteiger partial charge on any atom is -0.494 e. The highest BCUT2D eigenvalue weighted by atomic mass is 32.1. The van der Waals surface area contributed by atoms with Crippen LogP contribution in [0.1, 0.15) is 19.8 Å². The number of nitrogens with one attached hydrogen (secondary N) is 1. The first-order valence-corrected chi connectivity index (χ1v) is 9.68. The van der Waals surface area contributed by atoms with E-state index in [-0.39, 0.29) is 23.5 Å². The summed E-state index contributed by atoms with van der Waals surface area (Å²) in [4.78, 5) is 37.8. The lowest BCUT2D eigenvalue weighted by Gasteiger charge is -2.12. The second-order valence-electron chi connectivity index (χ2n) is 6.21. The molecule has 0 aliphatic rings. The maximum absolute atomic E-state index is 13.8. The molecular formula is C19H20FN3O4S. The van der Waals surface area contributed by atoms with E-state index >= 15 is 0 Å². The van der Waals surface area contributed by atoms with Gasteiger partial charge in [-0.1, -0.05) is 13.3 Å². The van der Waals surface area contributed by atoms with Gasteiger partial charge in [0, 0.05) is 18.3 Å². The van der Waals surface area contributed by atoms with E-state index in [1.165, 1.54) is 39.7 Å². The van der Waals surface area contributed by atoms with Gasteiger partial charge in [0.25, 0.3) is 5.56 Å². The molecule has 9 heteroatoms. The minimum absolute atomic E-state index is 0.0669. The molecule has 0 bridgehead atoms. The highest BCUT2D eigenvalue weighted by Gasteiger charge is 2.16. The fraction of sp³-hybridized carbons (Fsp3) is 0.316. The zero-order chi connectivity index (χ0) is 20.3. The summed E-state index contributed by atoms with van der Waals surface area (Å²) in [5.41, 5.74) is -0.196. The second kappa shape index (κ2) is 8.39. The van der Waals surface area contributed by atoms with Crippen LogP contribution in [0.5, 0.6) is 5.75 Å². The largest absolute Gasteiger partial charge is 0.494 e. The van der Waals surface area contributed by atoms with Crippen molar-refractivity contribution in [3.8, 4) is 5.75 Å². The lowest BCUT2D eigenvalue weighted by Crippen LogP contribution is -2.41. The molecule has 1 amide bonds. The van der Waals surface area contributed by atoms with Crippen molar-refractivity contribution in [1.82, 2.24) is 9.13 Å². The van der Waals surface area contributed by atoms with Crippen molar-refractivity contribution in [2.75, 3.05) is 12.4 Å². The Morgan fingerprint density at radius 3 is 2.71 bits per heavy atom. The van der Waals surface area contributed by atoms with Crippen molar-refractivity contribution in [3.05, 3.63) is 56.3 Å². The number of hydrogen-bond donors (Lipinski definition) is 1. The quantitative estimate of drug-likeness (QED) is 0.655. The molecule has 0 radical (unpaired) electrons. The number of fused-ring (bicyclic) bond motifs is 1. The van der Waals surface area contributed by atoms with Crippen LogP contribution in [0.3, 0.4) is 0 Å². The summed E-state index contributed by atoms with van der Waals surface area (Å²) >= 11 is 1.23. The molecule has 148 valence electrons. The average molecular weight is 405 g/mol. The number of benzene rings is 1. The molecular weight excluding hydrogens is 385 g/mol. The van der Waals surface area contributed by atoms with Gasteiger partial charge < -0.3 is 10.1 Å². The first-order chi connectivity index (χ1) is 13.5. The number of ether oxygens (including phenoxy) is 1. The van der Waals surface area contributed by atoms with E-state index in [1.807, 2.05) is 6.92 Å². The third kappa shape index (κ3) is 3.84. The van der Waals surface area contributed by atoms with Gasteiger partial charge in [0.05, 0.1) is 12.6 Å². The van der Waals surface area contributed by atoms with E-state index in [1.54, 1.807) is 11.4 Å². The van der Waals surface area contributed by atoms with Crippen molar-refractivity contribution >= 4 is 33.1 Å². The Morgan fingerprint density at radius 2 is 2.04 bits per heavy atom. The molecule has 0 spiro atoms. The van der Waals surface area contributed by atoms with Crippen LogP contribution in [0.15, 0.2) is 39.2 Å². The molecule has 0 fully saturated rings. The molecule has 1 N–H and O–H groups in total. The van der Waals surface area contributed by atoms with Crippen LogP contribution in [-0.2, 0) is 17.9 Å². The van der Waals surface area contributed by atoms with E-state index in [2.05, 4.69) is 5.32 Å². The lowest BCUT2D eigenvalue weighted by molar-refractivity contribution is -0.116. The molecule has 0 aliphatic carbocycles. The molecule has 0 aliphatic heterocycles. The Labute approximate surface area is 164 Å². The summed E-state index contributed by atoms with van der Waals surface area (Å²) in [5.74, 6) is -1.04. The van der Waals surface area contributed by atoms with Gasteiger partial charge in [0.1, 0.15) is 11.2 Å². The molecule has 28 heavy (non-hydrogen) atoms. The molecule has 2 aromatic heterocycles. The standard InChI is InChI=1S/C19H20FN3O4S/c1-3-4-8-22-18(25)17-14(7-9-28-17)23(19(22)26)11-16(24)21-12-5-6-15(27-2)13(20)10-12/h5-7,9-10H,3-4,8,11H2,1-2H3,(H,21,24). The van der Waals surface area contributed by atoms with E-state index in [0.29, 0.717) is 23.2 Å². The van der Waals surface area contributed by atoms with Crippen LogP contribution in [0.4, 0.5) is 10.1 Å². The number of hydrogen-bond acceptors (Lipinski definition) is 5. The Bertz CT molecular complexity index is 1130. The highest BCUT2D eigenvalue weighted by Crippen LogP contribution is 2.21. The fourth-order valence-corrected chi connectivity index (χ4v) is 3.73. The number of anilines is 1. The summed E-state index contributed by atoms with van der Waals surface area (Å²) in [7, 11) is 1.35. The van der Waals surface area contributed by atoms with E-state index < -0.39 is 17.4 Å². The summed E-state index contributed by atoms with van der Waals surface area (Å²) < 4.78 is 21.5. The second-order valence-corrected chi connectivity index (χ2v) is 7.13.